The van der Waals surface area contributed by atoms with E-state index in [9.17, 15) is 4.79 Å². The van der Waals surface area contributed by atoms with Crippen molar-refractivity contribution >= 4 is 5.78 Å². The van der Waals surface area contributed by atoms with Crippen LogP contribution in [0.25, 0.3) is 0 Å². The SMILES string of the molecule is CCO[C@H](C(C)=O)[C@@H](CO)OCC. The summed E-state index contributed by atoms with van der Waals surface area (Å²) in [6.07, 6.45) is -1.18. The van der Waals surface area contributed by atoms with Crippen molar-refractivity contribution in [2.75, 3.05) is 19.8 Å². The van der Waals surface area contributed by atoms with E-state index < -0.39 is 12.2 Å². The van der Waals surface area contributed by atoms with Crippen molar-refractivity contribution < 1.29 is 19.4 Å². The van der Waals surface area contributed by atoms with Gasteiger partial charge in [-0.2, -0.15) is 0 Å². The molecule has 0 spiro atoms. The van der Waals surface area contributed by atoms with Gasteiger partial charge in [0.2, 0.25) is 0 Å². The minimum atomic E-state index is -0.644. The lowest BCUT2D eigenvalue weighted by Crippen LogP contribution is -2.39. The number of Topliss-reactive ketones (excluding diaryl/α,β-unsaturated/α-hetero) is 1. The van der Waals surface area contributed by atoms with Crippen molar-refractivity contribution in [2.24, 2.45) is 0 Å². The molecule has 0 rings (SSSR count). The molecule has 0 unspecified atom stereocenters. The average Bonchev–Trinajstić information content (AvgIpc) is 2.10. The quantitative estimate of drug-likeness (QED) is 0.630. The summed E-state index contributed by atoms with van der Waals surface area (Å²) in [6.45, 7) is 5.75. The number of hydrogen-bond donors (Lipinski definition) is 1. The van der Waals surface area contributed by atoms with Crippen molar-refractivity contribution in [3.05, 3.63) is 0 Å². The van der Waals surface area contributed by atoms with Crippen molar-refractivity contribution in [1.82, 2.24) is 0 Å². The Morgan fingerprint density at radius 2 is 1.85 bits per heavy atom. The Morgan fingerprint density at radius 1 is 1.31 bits per heavy atom. The highest BCUT2D eigenvalue weighted by atomic mass is 16.5. The lowest BCUT2D eigenvalue weighted by Gasteiger charge is -2.22. The number of hydrogen-bond acceptors (Lipinski definition) is 4. The van der Waals surface area contributed by atoms with Gasteiger partial charge >= 0.3 is 0 Å². The maximum absolute atomic E-state index is 11.1. The normalized spacial score (nSPS) is 15.4. The molecule has 0 heterocycles. The summed E-state index contributed by atoms with van der Waals surface area (Å²) in [6, 6.07) is 0. The average molecular weight is 190 g/mol. The van der Waals surface area contributed by atoms with Gasteiger partial charge in [-0.05, 0) is 20.8 Å². The Bertz CT molecular complexity index is 147. The fraction of sp³-hybridized carbons (Fsp3) is 0.889. The predicted molar refractivity (Wildman–Crippen MR) is 48.6 cm³/mol. The van der Waals surface area contributed by atoms with Gasteiger partial charge in [-0.3, -0.25) is 4.79 Å². The molecule has 0 radical (unpaired) electrons. The Balaban J connectivity index is 4.20. The molecule has 0 saturated carbocycles. The van der Waals surface area contributed by atoms with Gasteiger partial charge in [0, 0.05) is 13.2 Å². The lowest BCUT2D eigenvalue weighted by atomic mass is 10.1. The van der Waals surface area contributed by atoms with E-state index in [2.05, 4.69) is 0 Å². The van der Waals surface area contributed by atoms with E-state index in [0.717, 1.165) is 0 Å². The zero-order valence-electron chi connectivity index (χ0n) is 8.45. The Hall–Kier alpha value is -0.450. The highest BCUT2D eigenvalue weighted by Gasteiger charge is 2.25. The Kier molecular flexibility index (Phi) is 6.76. The van der Waals surface area contributed by atoms with Gasteiger partial charge in [0.25, 0.3) is 0 Å². The standard InChI is InChI=1S/C9H18O4/c1-4-12-8(6-10)9(7(3)11)13-5-2/h8-10H,4-6H2,1-3H3/t8-,9-/m1/s1. The molecule has 0 aliphatic heterocycles. The molecule has 13 heavy (non-hydrogen) atoms. The highest BCUT2D eigenvalue weighted by molar-refractivity contribution is 5.81. The van der Waals surface area contributed by atoms with E-state index in [1.54, 1.807) is 6.92 Å². The smallest absolute Gasteiger partial charge is 0.161 e. The molecule has 0 aliphatic carbocycles. The number of carbonyl (C=O) groups excluding carboxylic acids is 1. The molecule has 0 amide bonds. The maximum Gasteiger partial charge on any atom is 0.161 e. The second kappa shape index (κ2) is 7.00. The van der Waals surface area contributed by atoms with Gasteiger partial charge < -0.3 is 14.6 Å². The molecule has 4 heteroatoms. The summed E-state index contributed by atoms with van der Waals surface area (Å²) < 4.78 is 10.3. The fourth-order valence-corrected chi connectivity index (χ4v) is 1.12. The van der Waals surface area contributed by atoms with Gasteiger partial charge in [0.1, 0.15) is 12.2 Å². The minimum absolute atomic E-state index is 0.116. The first kappa shape index (κ1) is 12.6. The third-order valence-electron chi connectivity index (χ3n) is 1.65. The third kappa shape index (κ3) is 4.36. The number of carbonyl (C=O) groups is 1. The molecule has 1 N–H and O–H groups in total. The summed E-state index contributed by atoms with van der Waals surface area (Å²) in [5, 5.41) is 8.95. The van der Waals surface area contributed by atoms with E-state index in [0.29, 0.717) is 13.2 Å². The van der Waals surface area contributed by atoms with Crippen LogP contribution in [0, 0.1) is 0 Å². The highest BCUT2D eigenvalue weighted by Crippen LogP contribution is 2.05. The second-order valence-corrected chi connectivity index (χ2v) is 2.66. The van der Waals surface area contributed by atoms with Crippen LogP contribution >= 0.6 is 0 Å². The first-order valence-corrected chi connectivity index (χ1v) is 4.51. The molecular formula is C9H18O4. The summed E-state index contributed by atoms with van der Waals surface area (Å²) in [4.78, 5) is 11.1. The number of aliphatic hydroxyl groups excluding tert-OH is 1. The first-order chi connectivity index (χ1) is 6.17. The van der Waals surface area contributed by atoms with Gasteiger partial charge in [-0.25, -0.2) is 0 Å². The number of ether oxygens (including phenoxy) is 2. The molecule has 4 nitrogen and oxygen atoms in total. The maximum atomic E-state index is 11.1. The van der Waals surface area contributed by atoms with Crippen molar-refractivity contribution in [3.63, 3.8) is 0 Å². The molecule has 0 fully saturated rings. The number of aliphatic hydroxyl groups is 1. The van der Waals surface area contributed by atoms with Crippen LogP contribution in [-0.4, -0.2) is 42.9 Å². The molecule has 0 aromatic rings. The molecule has 0 bridgehead atoms. The molecule has 0 aliphatic rings. The third-order valence-corrected chi connectivity index (χ3v) is 1.65. The molecule has 0 saturated heterocycles. The van der Waals surface area contributed by atoms with Crippen LogP contribution in [0.15, 0.2) is 0 Å². The fourth-order valence-electron chi connectivity index (χ4n) is 1.12. The Labute approximate surface area is 78.8 Å². The van der Waals surface area contributed by atoms with E-state index in [4.69, 9.17) is 14.6 Å². The molecule has 0 aromatic heterocycles. The van der Waals surface area contributed by atoms with Crippen LogP contribution in [-0.2, 0) is 14.3 Å². The monoisotopic (exact) mass is 190 g/mol. The van der Waals surface area contributed by atoms with Crippen LogP contribution < -0.4 is 0 Å². The summed E-state index contributed by atoms with van der Waals surface area (Å²) in [7, 11) is 0. The summed E-state index contributed by atoms with van der Waals surface area (Å²) in [5.41, 5.74) is 0. The zero-order valence-corrected chi connectivity index (χ0v) is 8.45. The van der Waals surface area contributed by atoms with Crippen LogP contribution in [0.1, 0.15) is 20.8 Å². The Morgan fingerprint density at radius 3 is 2.15 bits per heavy atom. The lowest BCUT2D eigenvalue weighted by molar-refractivity contribution is -0.142. The van der Waals surface area contributed by atoms with E-state index in [-0.39, 0.29) is 12.4 Å². The number of rotatable bonds is 7. The summed E-state index contributed by atoms with van der Waals surface area (Å²) >= 11 is 0. The van der Waals surface area contributed by atoms with Gasteiger partial charge in [-0.15, -0.1) is 0 Å². The van der Waals surface area contributed by atoms with Crippen LogP contribution in [0.2, 0.25) is 0 Å². The van der Waals surface area contributed by atoms with Gasteiger partial charge in [-0.1, -0.05) is 0 Å². The summed E-state index contributed by atoms with van der Waals surface area (Å²) in [5.74, 6) is -0.116. The van der Waals surface area contributed by atoms with E-state index in [1.165, 1.54) is 6.92 Å². The molecular weight excluding hydrogens is 172 g/mol. The van der Waals surface area contributed by atoms with E-state index in [1.807, 2.05) is 6.92 Å². The van der Waals surface area contributed by atoms with Crippen molar-refractivity contribution in [1.29, 1.82) is 0 Å². The van der Waals surface area contributed by atoms with Crippen molar-refractivity contribution in [3.8, 4) is 0 Å². The van der Waals surface area contributed by atoms with Crippen LogP contribution in [0.4, 0.5) is 0 Å². The first-order valence-electron chi connectivity index (χ1n) is 4.51. The minimum Gasteiger partial charge on any atom is -0.394 e. The van der Waals surface area contributed by atoms with Crippen LogP contribution in [0.3, 0.4) is 0 Å². The van der Waals surface area contributed by atoms with Gasteiger partial charge in [0.15, 0.2) is 5.78 Å². The zero-order chi connectivity index (χ0) is 10.3. The van der Waals surface area contributed by atoms with Crippen LogP contribution in [0.5, 0.6) is 0 Å². The molecule has 78 valence electrons. The predicted octanol–water partition coefficient (Wildman–Crippen LogP) is 0.378. The molecule has 0 aromatic carbocycles. The van der Waals surface area contributed by atoms with E-state index >= 15 is 0 Å². The van der Waals surface area contributed by atoms with Gasteiger partial charge in [0.05, 0.1) is 6.61 Å². The second-order valence-electron chi connectivity index (χ2n) is 2.66. The number of ketones is 1. The topological polar surface area (TPSA) is 55.8 Å². The largest absolute Gasteiger partial charge is 0.394 e. The molecule has 2 atom stereocenters. The van der Waals surface area contributed by atoms with Crippen molar-refractivity contribution in [2.45, 2.75) is 33.0 Å².